The average Bonchev–Trinajstić information content (AvgIpc) is 2.52. The Kier molecular flexibility index (Phi) is 5.39. The molecule has 0 radical (unpaired) electrons. The summed E-state index contributed by atoms with van der Waals surface area (Å²) in [4.78, 5) is 2.13. The topological polar surface area (TPSA) is 12.5 Å². The van der Waals surface area contributed by atoms with Crippen molar-refractivity contribution in [3.05, 3.63) is 72.3 Å². The molecule has 0 fully saturated rings. The van der Waals surface area contributed by atoms with Crippen molar-refractivity contribution in [3.63, 3.8) is 0 Å². The lowest BCUT2D eigenvalue weighted by Crippen LogP contribution is -2.32. The van der Waals surface area contributed by atoms with Gasteiger partial charge in [-0.2, -0.15) is 0 Å². The molecule has 0 saturated heterocycles. The lowest BCUT2D eigenvalue weighted by atomic mass is 10.2. The van der Waals surface area contributed by atoms with Gasteiger partial charge >= 0.3 is 0 Å². The fourth-order valence-corrected chi connectivity index (χ4v) is 2.03. The van der Waals surface area contributed by atoms with Gasteiger partial charge in [-0.15, -0.1) is 0 Å². The Hall–Kier alpha value is -2.06. The highest BCUT2D eigenvalue weighted by atomic mass is 16.5. The van der Waals surface area contributed by atoms with Gasteiger partial charge in [0.1, 0.15) is 6.23 Å². The zero-order valence-electron chi connectivity index (χ0n) is 12.1. The van der Waals surface area contributed by atoms with E-state index in [0.29, 0.717) is 6.61 Å². The van der Waals surface area contributed by atoms with E-state index in [1.165, 1.54) is 5.56 Å². The Morgan fingerprint density at radius 3 is 2.20 bits per heavy atom. The Labute approximate surface area is 121 Å². The van der Waals surface area contributed by atoms with E-state index in [1.807, 2.05) is 50.4 Å². The second-order valence-electron chi connectivity index (χ2n) is 4.56. The number of anilines is 1. The third-order valence-electron chi connectivity index (χ3n) is 3.14. The molecule has 2 aromatic carbocycles. The summed E-state index contributed by atoms with van der Waals surface area (Å²) in [6.07, 6.45) is 4.12. The van der Waals surface area contributed by atoms with Crippen LogP contribution in [0.1, 0.15) is 12.5 Å². The van der Waals surface area contributed by atoms with E-state index in [1.54, 1.807) is 0 Å². The summed E-state index contributed by atoms with van der Waals surface area (Å²) in [5, 5.41) is 0. The number of rotatable bonds is 6. The summed E-state index contributed by atoms with van der Waals surface area (Å²) >= 11 is 0. The molecule has 20 heavy (non-hydrogen) atoms. The lowest BCUT2D eigenvalue weighted by molar-refractivity contribution is 0.0975. The first kappa shape index (κ1) is 14.4. The largest absolute Gasteiger partial charge is 0.355 e. The lowest BCUT2D eigenvalue weighted by Gasteiger charge is -2.27. The minimum absolute atomic E-state index is 0.0670. The number of hydrogen-bond donors (Lipinski definition) is 0. The molecule has 104 valence electrons. The second kappa shape index (κ2) is 7.51. The summed E-state index contributed by atoms with van der Waals surface area (Å²) in [6, 6.07) is 20.5. The molecule has 0 N–H and O–H groups in total. The van der Waals surface area contributed by atoms with Gasteiger partial charge in [0.25, 0.3) is 0 Å². The van der Waals surface area contributed by atoms with Crippen molar-refractivity contribution in [2.45, 2.75) is 13.2 Å². The van der Waals surface area contributed by atoms with Gasteiger partial charge in [-0.1, -0.05) is 54.6 Å². The van der Waals surface area contributed by atoms with E-state index >= 15 is 0 Å². The first-order chi connectivity index (χ1) is 9.81. The summed E-state index contributed by atoms with van der Waals surface area (Å²) in [7, 11) is 2.05. The number of hydrogen-bond acceptors (Lipinski definition) is 2. The Bertz CT molecular complexity index is 522. The SMILES string of the molecule is CCOC(C=Cc1ccccc1)N(C)c1ccccc1. The number of nitrogens with zero attached hydrogens (tertiary/aromatic N) is 1. The van der Waals surface area contributed by atoms with Gasteiger partial charge in [-0.05, 0) is 30.7 Å². The molecule has 2 heteroatoms. The average molecular weight is 267 g/mol. The van der Waals surface area contributed by atoms with E-state index in [2.05, 4.69) is 41.3 Å². The highest BCUT2D eigenvalue weighted by Gasteiger charge is 2.11. The van der Waals surface area contributed by atoms with Crippen LogP contribution < -0.4 is 4.90 Å². The van der Waals surface area contributed by atoms with Crippen LogP contribution in [-0.4, -0.2) is 19.9 Å². The molecular formula is C18H21NO. The van der Waals surface area contributed by atoms with Gasteiger partial charge in [-0.25, -0.2) is 0 Å². The molecule has 0 bridgehead atoms. The van der Waals surface area contributed by atoms with Crippen LogP contribution in [0.15, 0.2) is 66.7 Å². The highest BCUT2D eigenvalue weighted by Crippen LogP contribution is 2.16. The van der Waals surface area contributed by atoms with Crippen LogP contribution in [0, 0.1) is 0 Å². The third kappa shape index (κ3) is 3.97. The summed E-state index contributed by atoms with van der Waals surface area (Å²) in [6.45, 7) is 2.70. The van der Waals surface area contributed by atoms with E-state index in [4.69, 9.17) is 4.74 Å². The van der Waals surface area contributed by atoms with E-state index < -0.39 is 0 Å². The maximum atomic E-state index is 5.82. The molecule has 0 aliphatic heterocycles. The molecule has 2 rings (SSSR count). The molecule has 0 saturated carbocycles. The van der Waals surface area contributed by atoms with E-state index in [-0.39, 0.29) is 6.23 Å². The summed E-state index contributed by atoms with van der Waals surface area (Å²) < 4.78 is 5.82. The predicted molar refractivity (Wildman–Crippen MR) is 85.7 cm³/mol. The van der Waals surface area contributed by atoms with Gasteiger partial charge in [0.15, 0.2) is 0 Å². The van der Waals surface area contributed by atoms with Crippen LogP contribution in [0.25, 0.3) is 6.08 Å². The fourth-order valence-electron chi connectivity index (χ4n) is 2.03. The molecule has 2 aromatic rings. The quantitative estimate of drug-likeness (QED) is 0.727. The summed E-state index contributed by atoms with van der Waals surface area (Å²) in [5.74, 6) is 0. The summed E-state index contributed by atoms with van der Waals surface area (Å²) in [5.41, 5.74) is 2.32. The molecule has 0 heterocycles. The maximum Gasteiger partial charge on any atom is 0.149 e. The Morgan fingerprint density at radius 1 is 1.00 bits per heavy atom. The molecule has 2 nitrogen and oxygen atoms in total. The number of benzene rings is 2. The second-order valence-corrected chi connectivity index (χ2v) is 4.56. The van der Waals surface area contributed by atoms with Gasteiger partial charge < -0.3 is 9.64 Å². The van der Waals surface area contributed by atoms with Crippen molar-refractivity contribution in [1.82, 2.24) is 0 Å². The van der Waals surface area contributed by atoms with E-state index in [0.717, 1.165) is 5.69 Å². The van der Waals surface area contributed by atoms with Gasteiger partial charge in [0.05, 0.1) is 0 Å². The Morgan fingerprint density at radius 2 is 1.60 bits per heavy atom. The molecule has 1 unspecified atom stereocenters. The highest BCUT2D eigenvalue weighted by molar-refractivity contribution is 5.52. The standard InChI is InChI=1S/C18H21NO/c1-3-20-18(15-14-16-10-6-4-7-11-16)19(2)17-12-8-5-9-13-17/h4-15,18H,3H2,1-2H3. The van der Waals surface area contributed by atoms with Crippen LogP contribution in [0.4, 0.5) is 5.69 Å². The number of ether oxygens (including phenoxy) is 1. The zero-order valence-corrected chi connectivity index (χ0v) is 12.1. The predicted octanol–water partition coefficient (Wildman–Crippen LogP) is 4.20. The molecule has 0 aromatic heterocycles. The van der Waals surface area contributed by atoms with Crippen molar-refractivity contribution >= 4 is 11.8 Å². The molecule has 1 atom stereocenters. The minimum Gasteiger partial charge on any atom is -0.355 e. The molecule has 0 spiro atoms. The monoisotopic (exact) mass is 267 g/mol. The van der Waals surface area contributed by atoms with Crippen LogP contribution in [0.3, 0.4) is 0 Å². The third-order valence-corrected chi connectivity index (χ3v) is 3.14. The van der Waals surface area contributed by atoms with Gasteiger partial charge in [0.2, 0.25) is 0 Å². The van der Waals surface area contributed by atoms with Crippen molar-refractivity contribution in [2.24, 2.45) is 0 Å². The first-order valence-electron chi connectivity index (χ1n) is 6.94. The van der Waals surface area contributed by atoms with Crippen LogP contribution in [0.5, 0.6) is 0 Å². The molecular weight excluding hydrogens is 246 g/mol. The zero-order chi connectivity index (χ0) is 14.2. The molecule has 0 aliphatic carbocycles. The van der Waals surface area contributed by atoms with E-state index in [9.17, 15) is 0 Å². The maximum absolute atomic E-state index is 5.82. The number of para-hydroxylation sites is 1. The molecule has 0 amide bonds. The van der Waals surface area contributed by atoms with Crippen molar-refractivity contribution in [2.75, 3.05) is 18.6 Å². The molecule has 0 aliphatic rings. The normalized spacial score (nSPS) is 12.5. The fraction of sp³-hybridized carbons (Fsp3) is 0.222. The minimum atomic E-state index is -0.0670. The van der Waals surface area contributed by atoms with Crippen LogP contribution >= 0.6 is 0 Å². The van der Waals surface area contributed by atoms with Crippen LogP contribution in [0.2, 0.25) is 0 Å². The van der Waals surface area contributed by atoms with Crippen LogP contribution in [-0.2, 0) is 4.74 Å². The van der Waals surface area contributed by atoms with Gasteiger partial charge in [0, 0.05) is 19.3 Å². The number of likely N-dealkylation sites (N-methyl/N-ethyl adjacent to an activating group) is 1. The van der Waals surface area contributed by atoms with Crippen molar-refractivity contribution < 1.29 is 4.74 Å². The van der Waals surface area contributed by atoms with Crippen molar-refractivity contribution in [1.29, 1.82) is 0 Å². The van der Waals surface area contributed by atoms with Crippen molar-refractivity contribution in [3.8, 4) is 0 Å². The smallest absolute Gasteiger partial charge is 0.149 e. The van der Waals surface area contributed by atoms with Gasteiger partial charge in [-0.3, -0.25) is 0 Å². The first-order valence-corrected chi connectivity index (χ1v) is 6.94. The Balaban J connectivity index is 2.13.